The number of hydrogen-bond acceptors (Lipinski definition) is 2. The van der Waals surface area contributed by atoms with Gasteiger partial charge in [0.05, 0.1) is 0 Å². The summed E-state index contributed by atoms with van der Waals surface area (Å²) < 4.78 is 5.82. The molecule has 0 saturated heterocycles. The molecular weight excluding hydrogens is 240 g/mol. The first-order chi connectivity index (χ1) is 8.92. The van der Waals surface area contributed by atoms with Gasteiger partial charge in [-0.25, -0.2) is 0 Å². The van der Waals surface area contributed by atoms with Crippen LogP contribution in [-0.2, 0) is 0 Å². The summed E-state index contributed by atoms with van der Waals surface area (Å²) in [5.41, 5.74) is 3.08. The van der Waals surface area contributed by atoms with E-state index in [-0.39, 0.29) is 0 Å². The molecule has 0 bridgehead atoms. The average molecular weight is 249 g/mol. The minimum absolute atomic E-state index is 0.941. The standard InChI is InChI=1S/C16H9OS/c1-2-5-14-12(4-1)13-10-11(7-8-15(13)17-14)16-6-3-9-18-16/h1-5,7-10H. The Morgan fingerprint density at radius 1 is 0.944 bits per heavy atom. The van der Waals surface area contributed by atoms with Crippen LogP contribution in [0.2, 0.25) is 0 Å². The Bertz CT molecular complexity index is 825. The average Bonchev–Trinajstić information content (AvgIpc) is 3.05. The molecule has 0 aliphatic carbocycles. The molecule has 4 rings (SSSR count). The summed E-state index contributed by atoms with van der Waals surface area (Å²) in [6, 6.07) is 19.7. The lowest BCUT2D eigenvalue weighted by molar-refractivity contribution is 0.669. The van der Waals surface area contributed by atoms with Crippen molar-refractivity contribution < 1.29 is 4.42 Å². The molecule has 0 N–H and O–H groups in total. The molecule has 0 saturated carbocycles. The molecule has 2 heterocycles. The predicted molar refractivity (Wildman–Crippen MR) is 75.9 cm³/mol. The van der Waals surface area contributed by atoms with Gasteiger partial charge in [0.2, 0.25) is 0 Å². The SMILES string of the molecule is [c]1ccsc1-c1ccc2oc3ccccc3c2c1. The number of para-hydroxylation sites is 1. The van der Waals surface area contributed by atoms with Crippen LogP contribution in [0, 0.1) is 6.07 Å². The molecule has 0 atom stereocenters. The van der Waals surface area contributed by atoms with Gasteiger partial charge in [-0.2, -0.15) is 0 Å². The van der Waals surface area contributed by atoms with Crippen molar-refractivity contribution in [1.29, 1.82) is 0 Å². The second-order valence-electron chi connectivity index (χ2n) is 4.20. The van der Waals surface area contributed by atoms with Crippen LogP contribution in [-0.4, -0.2) is 0 Å². The van der Waals surface area contributed by atoms with Crippen LogP contribution in [0.15, 0.2) is 58.3 Å². The second kappa shape index (κ2) is 3.72. The van der Waals surface area contributed by atoms with Crippen LogP contribution < -0.4 is 0 Å². The van der Waals surface area contributed by atoms with Crippen LogP contribution >= 0.6 is 11.3 Å². The smallest absolute Gasteiger partial charge is 0.135 e. The summed E-state index contributed by atoms with van der Waals surface area (Å²) in [6.45, 7) is 0. The molecular formula is C16H9OS. The maximum absolute atomic E-state index is 5.82. The maximum atomic E-state index is 5.82. The van der Waals surface area contributed by atoms with Crippen molar-refractivity contribution in [1.82, 2.24) is 0 Å². The molecule has 0 aliphatic rings. The number of hydrogen-bond donors (Lipinski definition) is 0. The number of thiophene rings is 1. The Balaban J connectivity index is 2.07. The van der Waals surface area contributed by atoms with E-state index in [9.17, 15) is 0 Å². The number of fused-ring (bicyclic) bond motifs is 3. The Hall–Kier alpha value is -2.06. The van der Waals surface area contributed by atoms with E-state index in [1.54, 1.807) is 11.3 Å². The highest BCUT2D eigenvalue weighted by molar-refractivity contribution is 7.13. The topological polar surface area (TPSA) is 13.1 Å². The monoisotopic (exact) mass is 249 g/mol. The van der Waals surface area contributed by atoms with E-state index in [0.717, 1.165) is 11.2 Å². The first-order valence-corrected chi connectivity index (χ1v) is 6.67. The molecule has 1 nitrogen and oxygen atoms in total. The maximum Gasteiger partial charge on any atom is 0.135 e. The van der Waals surface area contributed by atoms with Crippen LogP contribution in [0.4, 0.5) is 0 Å². The molecule has 0 aliphatic heterocycles. The van der Waals surface area contributed by atoms with Gasteiger partial charge in [-0.15, -0.1) is 11.3 Å². The van der Waals surface area contributed by atoms with Gasteiger partial charge >= 0.3 is 0 Å². The van der Waals surface area contributed by atoms with Crippen LogP contribution in [0.1, 0.15) is 0 Å². The van der Waals surface area contributed by atoms with E-state index in [1.807, 2.05) is 35.7 Å². The van der Waals surface area contributed by atoms with Crippen molar-refractivity contribution in [2.75, 3.05) is 0 Å². The Morgan fingerprint density at radius 3 is 2.72 bits per heavy atom. The van der Waals surface area contributed by atoms with Gasteiger partial charge in [0.25, 0.3) is 0 Å². The fraction of sp³-hybridized carbons (Fsp3) is 0. The van der Waals surface area contributed by atoms with Gasteiger partial charge in [0, 0.05) is 21.7 Å². The summed E-state index contributed by atoms with van der Waals surface area (Å²) in [6.07, 6.45) is 0. The molecule has 2 aromatic carbocycles. The summed E-state index contributed by atoms with van der Waals surface area (Å²) in [7, 11) is 0. The van der Waals surface area contributed by atoms with Crippen LogP contribution in [0.25, 0.3) is 32.4 Å². The molecule has 85 valence electrons. The van der Waals surface area contributed by atoms with E-state index in [4.69, 9.17) is 4.42 Å². The summed E-state index contributed by atoms with van der Waals surface area (Å²) >= 11 is 1.71. The summed E-state index contributed by atoms with van der Waals surface area (Å²) in [4.78, 5) is 1.17. The van der Waals surface area contributed by atoms with Gasteiger partial charge in [0.1, 0.15) is 11.2 Å². The largest absolute Gasteiger partial charge is 0.456 e. The van der Waals surface area contributed by atoms with Crippen LogP contribution in [0.5, 0.6) is 0 Å². The highest BCUT2D eigenvalue weighted by Crippen LogP contribution is 2.33. The third kappa shape index (κ3) is 1.39. The van der Waals surface area contributed by atoms with E-state index >= 15 is 0 Å². The summed E-state index contributed by atoms with van der Waals surface area (Å²) in [5.74, 6) is 0. The zero-order valence-electron chi connectivity index (χ0n) is 9.51. The molecule has 0 fully saturated rings. The fourth-order valence-corrected chi connectivity index (χ4v) is 2.94. The lowest BCUT2D eigenvalue weighted by atomic mass is 10.1. The Morgan fingerprint density at radius 2 is 1.83 bits per heavy atom. The van der Waals surface area contributed by atoms with Gasteiger partial charge in [-0.05, 0) is 41.3 Å². The van der Waals surface area contributed by atoms with E-state index < -0.39 is 0 Å². The van der Waals surface area contributed by atoms with Crippen LogP contribution in [0.3, 0.4) is 0 Å². The van der Waals surface area contributed by atoms with Crippen molar-refractivity contribution in [3.63, 3.8) is 0 Å². The molecule has 1 radical (unpaired) electrons. The van der Waals surface area contributed by atoms with E-state index in [1.165, 1.54) is 21.2 Å². The van der Waals surface area contributed by atoms with Crippen molar-refractivity contribution in [2.24, 2.45) is 0 Å². The minimum Gasteiger partial charge on any atom is -0.456 e. The quantitative estimate of drug-likeness (QED) is 0.456. The molecule has 2 heteroatoms. The normalized spacial score (nSPS) is 11.3. The Labute approximate surface area is 108 Å². The third-order valence-electron chi connectivity index (χ3n) is 3.11. The molecule has 18 heavy (non-hydrogen) atoms. The molecule has 2 aromatic heterocycles. The lowest BCUT2D eigenvalue weighted by Crippen LogP contribution is -1.72. The highest BCUT2D eigenvalue weighted by atomic mass is 32.1. The van der Waals surface area contributed by atoms with Crippen molar-refractivity contribution in [2.45, 2.75) is 0 Å². The zero-order valence-corrected chi connectivity index (χ0v) is 10.3. The van der Waals surface area contributed by atoms with Gasteiger partial charge in [-0.1, -0.05) is 18.2 Å². The second-order valence-corrected chi connectivity index (χ2v) is 5.12. The Kier molecular flexibility index (Phi) is 2.05. The molecule has 0 unspecified atom stereocenters. The first kappa shape index (κ1) is 9.92. The summed E-state index contributed by atoms with van der Waals surface area (Å²) in [5, 5.41) is 4.39. The van der Waals surface area contributed by atoms with Crippen molar-refractivity contribution >= 4 is 33.3 Å². The highest BCUT2D eigenvalue weighted by Gasteiger charge is 2.08. The predicted octanol–water partition coefficient (Wildman–Crippen LogP) is 5.11. The first-order valence-electron chi connectivity index (χ1n) is 5.79. The zero-order chi connectivity index (χ0) is 11.9. The number of benzene rings is 2. The van der Waals surface area contributed by atoms with Gasteiger partial charge < -0.3 is 4.42 Å². The third-order valence-corrected chi connectivity index (χ3v) is 3.97. The van der Waals surface area contributed by atoms with Gasteiger partial charge in [0.15, 0.2) is 0 Å². The van der Waals surface area contributed by atoms with Gasteiger partial charge in [-0.3, -0.25) is 0 Å². The number of rotatable bonds is 1. The number of furan rings is 1. The molecule has 4 aromatic rings. The molecule has 0 spiro atoms. The van der Waals surface area contributed by atoms with Crippen molar-refractivity contribution in [3.8, 4) is 10.4 Å². The lowest BCUT2D eigenvalue weighted by Gasteiger charge is -1.96. The van der Waals surface area contributed by atoms with E-state index in [2.05, 4.69) is 24.3 Å². The fourth-order valence-electron chi connectivity index (χ4n) is 2.26. The van der Waals surface area contributed by atoms with E-state index in [0.29, 0.717) is 0 Å². The van der Waals surface area contributed by atoms with Crippen molar-refractivity contribution in [3.05, 3.63) is 60.0 Å². The molecule has 0 amide bonds. The minimum atomic E-state index is 0.941.